The van der Waals surface area contributed by atoms with E-state index in [1.165, 1.54) is 31.1 Å². The van der Waals surface area contributed by atoms with E-state index in [0.29, 0.717) is 53.0 Å². The summed E-state index contributed by atoms with van der Waals surface area (Å²) in [5.74, 6) is 0.285. The number of hydrogen-bond donors (Lipinski definition) is 1. The van der Waals surface area contributed by atoms with E-state index in [2.05, 4.69) is 9.88 Å². The van der Waals surface area contributed by atoms with Crippen LogP contribution in [0.3, 0.4) is 0 Å². The molecule has 1 aliphatic heterocycles. The highest BCUT2D eigenvalue weighted by atomic mass is 35.5. The molecule has 1 aromatic heterocycles. The Kier molecular flexibility index (Phi) is 9.27. The number of benzene rings is 2. The lowest BCUT2D eigenvalue weighted by Gasteiger charge is -2.39. The molecule has 2 aromatic carbocycles. The van der Waals surface area contributed by atoms with E-state index in [4.69, 9.17) is 16.3 Å². The first-order valence-electron chi connectivity index (χ1n) is 12.4. The number of likely N-dealkylation sites (tertiary alicyclic amines) is 1. The van der Waals surface area contributed by atoms with Crippen LogP contribution < -0.4 is 4.74 Å². The number of rotatable bonds is 11. The Morgan fingerprint density at radius 3 is 2.73 bits per heavy atom. The molecule has 0 aliphatic carbocycles. The normalized spacial score (nSPS) is 16.5. The summed E-state index contributed by atoms with van der Waals surface area (Å²) >= 11 is 7.84. The molecule has 0 bridgehead atoms. The van der Waals surface area contributed by atoms with Gasteiger partial charge in [0.15, 0.2) is 0 Å². The number of aromatic nitrogens is 1. The van der Waals surface area contributed by atoms with E-state index in [9.17, 15) is 14.3 Å². The van der Waals surface area contributed by atoms with Crippen LogP contribution in [0.4, 0.5) is 8.78 Å². The lowest BCUT2D eigenvalue weighted by Crippen LogP contribution is -2.44. The average molecular weight is 549 g/mol. The number of piperidine rings is 1. The van der Waals surface area contributed by atoms with E-state index in [0.717, 1.165) is 18.7 Å². The van der Waals surface area contributed by atoms with E-state index < -0.39 is 17.6 Å². The van der Waals surface area contributed by atoms with Gasteiger partial charge < -0.3 is 14.7 Å². The number of carboxylic acid groups (broad SMARTS) is 1. The Morgan fingerprint density at radius 2 is 2.03 bits per heavy atom. The fraction of sp³-hybridized carbons (Fsp3) is 0.429. The third kappa shape index (κ3) is 6.54. The van der Waals surface area contributed by atoms with Crippen molar-refractivity contribution in [2.75, 3.05) is 32.5 Å². The minimum Gasteiger partial charge on any atom is -0.497 e. The molecule has 2 heterocycles. The van der Waals surface area contributed by atoms with E-state index in [1.54, 1.807) is 30.3 Å². The van der Waals surface area contributed by atoms with Crippen LogP contribution in [0, 0.1) is 11.2 Å². The SMILES string of the molecule is COc1ccc2ncc(Cl)c([C@H](F)CCC3(C(=O)O)CCN(CCCSc4ccccc4F)CC3)c2c1. The Morgan fingerprint density at radius 1 is 1.27 bits per heavy atom. The molecule has 1 atom stereocenters. The largest absolute Gasteiger partial charge is 0.497 e. The first-order chi connectivity index (χ1) is 17.8. The number of aliphatic carboxylic acids is 1. The molecule has 198 valence electrons. The molecule has 9 heteroatoms. The fourth-order valence-corrected chi connectivity index (χ4v) is 6.11. The van der Waals surface area contributed by atoms with Gasteiger partial charge in [-0.15, -0.1) is 11.8 Å². The Bertz CT molecular complexity index is 1240. The van der Waals surface area contributed by atoms with E-state index in [-0.39, 0.29) is 23.7 Å². The Labute approximate surface area is 225 Å². The number of alkyl halides is 1. The zero-order valence-corrected chi connectivity index (χ0v) is 22.3. The Hall–Kier alpha value is -2.42. The van der Waals surface area contributed by atoms with Crippen molar-refractivity contribution in [3.8, 4) is 5.75 Å². The molecule has 4 rings (SSSR count). The van der Waals surface area contributed by atoms with Crippen molar-refractivity contribution >= 4 is 40.2 Å². The Balaban J connectivity index is 1.33. The summed E-state index contributed by atoms with van der Waals surface area (Å²) in [4.78, 5) is 19.5. The maximum Gasteiger partial charge on any atom is 0.309 e. The molecule has 1 fully saturated rings. The summed E-state index contributed by atoms with van der Waals surface area (Å²) in [6.45, 7) is 2.11. The van der Waals surface area contributed by atoms with Crippen LogP contribution in [-0.2, 0) is 4.79 Å². The summed E-state index contributed by atoms with van der Waals surface area (Å²) in [5.41, 5.74) is -0.0244. The van der Waals surface area contributed by atoms with Gasteiger partial charge in [0.2, 0.25) is 0 Å². The molecule has 3 aromatic rings. The third-order valence-electron chi connectivity index (χ3n) is 7.24. The molecule has 0 spiro atoms. The number of carbonyl (C=O) groups is 1. The highest BCUT2D eigenvalue weighted by Gasteiger charge is 2.41. The molecular weight excluding hydrogens is 518 g/mol. The first kappa shape index (κ1) is 27.6. The predicted molar refractivity (Wildman–Crippen MR) is 144 cm³/mol. The van der Waals surface area contributed by atoms with Gasteiger partial charge in [0.1, 0.15) is 17.7 Å². The van der Waals surface area contributed by atoms with Gasteiger partial charge in [0.05, 0.1) is 23.1 Å². The summed E-state index contributed by atoms with van der Waals surface area (Å²) in [6.07, 6.45) is 2.11. The third-order valence-corrected chi connectivity index (χ3v) is 8.67. The molecule has 37 heavy (non-hydrogen) atoms. The lowest BCUT2D eigenvalue weighted by atomic mass is 9.74. The van der Waals surface area contributed by atoms with Crippen LogP contribution in [0.15, 0.2) is 53.6 Å². The molecule has 5 nitrogen and oxygen atoms in total. The monoisotopic (exact) mass is 548 g/mol. The van der Waals surface area contributed by atoms with Crippen LogP contribution in [0.1, 0.15) is 43.8 Å². The quantitative estimate of drug-likeness (QED) is 0.202. The number of halogens is 3. The maximum atomic E-state index is 15.6. The van der Waals surface area contributed by atoms with Crippen molar-refractivity contribution in [1.82, 2.24) is 9.88 Å². The van der Waals surface area contributed by atoms with E-state index in [1.807, 2.05) is 6.07 Å². The van der Waals surface area contributed by atoms with Crippen molar-refractivity contribution in [2.45, 2.75) is 43.2 Å². The van der Waals surface area contributed by atoms with Crippen molar-refractivity contribution in [3.05, 3.63) is 65.1 Å². The number of methoxy groups -OCH3 is 1. The minimum absolute atomic E-state index is 0.0572. The zero-order chi connectivity index (χ0) is 26.4. The molecule has 1 N–H and O–H groups in total. The number of fused-ring (bicyclic) bond motifs is 1. The molecular formula is C28H31ClF2N2O3S. The van der Waals surface area contributed by atoms with E-state index >= 15 is 4.39 Å². The summed E-state index contributed by atoms with van der Waals surface area (Å²) in [6, 6.07) is 12.0. The van der Waals surface area contributed by atoms with Gasteiger partial charge in [0.25, 0.3) is 0 Å². The number of pyridine rings is 1. The topological polar surface area (TPSA) is 62.7 Å². The number of carboxylic acids is 1. The molecule has 1 saturated heterocycles. The lowest BCUT2D eigenvalue weighted by molar-refractivity contribution is -0.153. The van der Waals surface area contributed by atoms with Gasteiger partial charge in [-0.05, 0) is 87.8 Å². The first-order valence-corrected chi connectivity index (χ1v) is 13.8. The highest BCUT2D eigenvalue weighted by molar-refractivity contribution is 7.99. The number of hydrogen-bond acceptors (Lipinski definition) is 5. The second-order valence-corrected chi connectivity index (χ2v) is 11.0. The minimum atomic E-state index is -1.42. The highest BCUT2D eigenvalue weighted by Crippen LogP contribution is 2.42. The van der Waals surface area contributed by atoms with Crippen LogP contribution in [0.25, 0.3) is 10.9 Å². The summed E-state index contributed by atoms with van der Waals surface area (Å²) in [5, 5.41) is 10.9. The molecule has 0 radical (unpaired) electrons. The standard InChI is InChI=1S/C28H31ClF2N2O3S/c1-36-19-7-8-24-20(17-19)26(21(29)18-32-24)23(31)9-10-28(27(34)35)11-14-33(15-12-28)13-4-16-37-25-6-3-2-5-22(25)30/h2-3,5-8,17-18,23H,4,9-16H2,1H3,(H,34,35)/t23-/m1/s1. The zero-order valence-electron chi connectivity index (χ0n) is 20.8. The smallest absolute Gasteiger partial charge is 0.309 e. The predicted octanol–water partition coefficient (Wildman–Crippen LogP) is 7.18. The van der Waals surface area contributed by atoms with Gasteiger partial charge in [-0.2, -0.15) is 0 Å². The maximum absolute atomic E-state index is 15.6. The number of nitrogens with zero attached hydrogens (tertiary/aromatic N) is 2. The molecule has 0 unspecified atom stereocenters. The molecule has 1 aliphatic rings. The van der Waals surface area contributed by atoms with Gasteiger partial charge in [-0.1, -0.05) is 23.7 Å². The van der Waals surface area contributed by atoms with Crippen molar-refractivity contribution in [2.24, 2.45) is 5.41 Å². The number of ether oxygens (including phenoxy) is 1. The van der Waals surface area contributed by atoms with Crippen LogP contribution in [0.5, 0.6) is 5.75 Å². The second kappa shape index (κ2) is 12.4. The van der Waals surface area contributed by atoms with Gasteiger partial charge in [-0.25, -0.2) is 8.78 Å². The fourth-order valence-electron chi connectivity index (χ4n) is 4.97. The molecule has 0 amide bonds. The summed E-state index contributed by atoms with van der Waals surface area (Å²) in [7, 11) is 1.54. The van der Waals surface area contributed by atoms with Gasteiger partial charge >= 0.3 is 5.97 Å². The van der Waals surface area contributed by atoms with Gasteiger partial charge in [0, 0.05) is 22.0 Å². The molecule has 0 saturated carbocycles. The summed E-state index contributed by atoms with van der Waals surface area (Å²) < 4.78 is 34.7. The van der Waals surface area contributed by atoms with Crippen LogP contribution in [0.2, 0.25) is 5.02 Å². The van der Waals surface area contributed by atoms with Crippen molar-refractivity contribution in [1.29, 1.82) is 0 Å². The second-order valence-electron chi connectivity index (χ2n) is 9.47. The van der Waals surface area contributed by atoms with Crippen LogP contribution >= 0.6 is 23.4 Å². The average Bonchev–Trinajstić information content (AvgIpc) is 2.90. The van der Waals surface area contributed by atoms with Crippen molar-refractivity contribution in [3.63, 3.8) is 0 Å². The number of thioether (sulfide) groups is 1. The van der Waals surface area contributed by atoms with Gasteiger partial charge in [-0.3, -0.25) is 9.78 Å². The van der Waals surface area contributed by atoms with Crippen molar-refractivity contribution < 1.29 is 23.4 Å². The van der Waals surface area contributed by atoms with Crippen LogP contribution in [-0.4, -0.2) is 53.5 Å².